The van der Waals surface area contributed by atoms with Gasteiger partial charge in [-0.15, -0.1) is 0 Å². The molecule has 0 spiro atoms. The summed E-state index contributed by atoms with van der Waals surface area (Å²) in [6.07, 6.45) is 1.56. The van der Waals surface area contributed by atoms with E-state index in [1.807, 2.05) is 45.0 Å². The van der Waals surface area contributed by atoms with E-state index in [0.29, 0.717) is 13.0 Å². The Kier molecular flexibility index (Phi) is 6.31. The molecule has 0 aliphatic heterocycles. The van der Waals surface area contributed by atoms with Crippen molar-refractivity contribution in [2.45, 2.75) is 39.7 Å². The summed E-state index contributed by atoms with van der Waals surface area (Å²) in [6.45, 7) is 6.38. The van der Waals surface area contributed by atoms with Crippen LogP contribution in [-0.4, -0.2) is 20.8 Å². The molecule has 1 atom stereocenters. The zero-order valence-electron chi connectivity index (χ0n) is 11.8. The van der Waals surface area contributed by atoms with Crippen molar-refractivity contribution in [2.75, 3.05) is 12.4 Å². The van der Waals surface area contributed by atoms with Gasteiger partial charge in [0.25, 0.3) is 0 Å². The van der Waals surface area contributed by atoms with Gasteiger partial charge in [-0.3, -0.25) is 0 Å². The standard InChI is InChI=1S/C14H23NO3S/c1-4-6-11-19(16,17)15-12(3)13-7-9-14(10-8-13)18-5-2/h7-10,12,15H,4-6,11H2,1-3H3. The van der Waals surface area contributed by atoms with E-state index in [4.69, 9.17) is 4.74 Å². The molecule has 4 nitrogen and oxygen atoms in total. The van der Waals surface area contributed by atoms with Crippen LogP contribution in [0.25, 0.3) is 0 Å². The quantitative estimate of drug-likeness (QED) is 0.799. The van der Waals surface area contributed by atoms with Gasteiger partial charge in [0, 0.05) is 6.04 Å². The van der Waals surface area contributed by atoms with Crippen molar-refractivity contribution >= 4 is 10.0 Å². The number of hydrogen-bond donors (Lipinski definition) is 1. The molecule has 0 aliphatic carbocycles. The van der Waals surface area contributed by atoms with Crippen LogP contribution in [-0.2, 0) is 10.0 Å². The predicted molar refractivity (Wildman–Crippen MR) is 77.9 cm³/mol. The lowest BCUT2D eigenvalue weighted by atomic mass is 10.1. The third-order valence-electron chi connectivity index (χ3n) is 2.81. The van der Waals surface area contributed by atoms with Gasteiger partial charge in [-0.25, -0.2) is 13.1 Å². The highest BCUT2D eigenvalue weighted by atomic mass is 32.2. The molecule has 0 aromatic heterocycles. The van der Waals surface area contributed by atoms with Crippen LogP contribution in [0.3, 0.4) is 0 Å². The highest BCUT2D eigenvalue weighted by Gasteiger charge is 2.15. The Bertz CT molecular complexity index is 468. The fraction of sp³-hybridized carbons (Fsp3) is 0.571. The molecule has 5 heteroatoms. The van der Waals surface area contributed by atoms with Gasteiger partial charge in [-0.2, -0.15) is 0 Å². The minimum Gasteiger partial charge on any atom is -0.494 e. The zero-order chi connectivity index (χ0) is 14.3. The van der Waals surface area contributed by atoms with Crippen LogP contribution in [0.2, 0.25) is 0 Å². The second-order valence-electron chi connectivity index (χ2n) is 4.51. The molecule has 1 rings (SSSR count). The molecule has 108 valence electrons. The SMILES string of the molecule is CCCCS(=O)(=O)NC(C)c1ccc(OCC)cc1. The van der Waals surface area contributed by atoms with Gasteiger partial charge in [0.15, 0.2) is 0 Å². The smallest absolute Gasteiger partial charge is 0.212 e. The zero-order valence-corrected chi connectivity index (χ0v) is 12.7. The molecule has 1 N–H and O–H groups in total. The Morgan fingerprint density at radius 1 is 1.21 bits per heavy atom. The lowest BCUT2D eigenvalue weighted by molar-refractivity contribution is 0.340. The Labute approximate surface area is 116 Å². The van der Waals surface area contributed by atoms with Crippen LogP contribution < -0.4 is 9.46 Å². The summed E-state index contributed by atoms with van der Waals surface area (Å²) in [7, 11) is -3.19. The molecule has 0 bridgehead atoms. The molecule has 0 saturated carbocycles. The van der Waals surface area contributed by atoms with Crippen LogP contribution in [0.1, 0.15) is 45.2 Å². The third-order valence-corrected chi connectivity index (χ3v) is 4.35. The number of unbranched alkanes of at least 4 members (excludes halogenated alkanes) is 1. The Balaban J connectivity index is 2.64. The van der Waals surface area contributed by atoms with Gasteiger partial charge >= 0.3 is 0 Å². The van der Waals surface area contributed by atoms with E-state index in [0.717, 1.165) is 17.7 Å². The normalized spacial score (nSPS) is 13.2. The topological polar surface area (TPSA) is 55.4 Å². The van der Waals surface area contributed by atoms with E-state index in [2.05, 4.69) is 4.72 Å². The summed E-state index contributed by atoms with van der Waals surface area (Å²) in [4.78, 5) is 0. The average Bonchev–Trinajstić information content (AvgIpc) is 2.37. The average molecular weight is 285 g/mol. The van der Waals surface area contributed by atoms with Crippen LogP contribution in [0.15, 0.2) is 24.3 Å². The molecule has 0 radical (unpaired) electrons. The Morgan fingerprint density at radius 3 is 2.37 bits per heavy atom. The van der Waals surface area contributed by atoms with E-state index in [1.165, 1.54) is 0 Å². The van der Waals surface area contributed by atoms with E-state index in [1.54, 1.807) is 0 Å². The summed E-state index contributed by atoms with van der Waals surface area (Å²) in [6, 6.07) is 7.26. The van der Waals surface area contributed by atoms with Crippen molar-refractivity contribution in [3.63, 3.8) is 0 Å². The van der Waals surface area contributed by atoms with Crippen LogP contribution in [0.5, 0.6) is 5.75 Å². The number of rotatable bonds is 8. The predicted octanol–water partition coefficient (Wildman–Crippen LogP) is 2.87. The molecule has 1 unspecified atom stereocenters. The summed E-state index contributed by atoms with van der Waals surface area (Å²) in [5, 5.41) is 0. The van der Waals surface area contributed by atoms with Gasteiger partial charge in [0.1, 0.15) is 5.75 Å². The first-order chi connectivity index (χ1) is 8.98. The summed E-state index contributed by atoms with van der Waals surface area (Å²) >= 11 is 0. The van der Waals surface area contributed by atoms with E-state index in [-0.39, 0.29) is 11.8 Å². The molecule has 1 aromatic carbocycles. The highest BCUT2D eigenvalue weighted by Crippen LogP contribution is 2.18. The monoisotopic (exact) mass is 285 g/mol. The van der Waals surface area contributed by atoms with Crippen molar-refractivity contribution in [3.05, 3.63) is 29.8 Å². The Hall–Kier alpha value is -1.07. The largest absolute Gasteiger partial charge is 0.494 e. The number of nitrogens with one attached hydrogen (secondary N) is 1. The van der Waals surface area contributed by atoms with Gasteiger partial charge in [-0.05, 0) is 38.0 Å². The number of sulfonamides is 1. The summed E-state index contributed by atoms with van der Waals surface area (Å²) < 4.78 is 31.7. The fourth-order valence-electron chi connectivity index (χ4n) is 1.75. The number of benzene rings is 1. The van der Waals surface area contributed by atoms with Gasteiger partial charge in [0.05, 0.1) is 12.4 Å². The van der Waals surface area contributed by atoms with Gasteiger partial charge < -0.3 is 4.74 Å². The molecular formula is C14H23NO3S. The van der Waals surface area contributed by atoms with E-state index >= 15 is 0 Å². The second kappa shape index (κ2) is 7.50. The highest BCUT2D eigenvalue weighted by molar-refractivity contribution is 7.89. The lowest BCUT2D eigenvalue weighted by Gasteiger charge is -2.15. The maximum Gasteiger partial charge on any atom is 0.212 e. The first kappa shape index (κ1) is 16.0. The molecule has 0 aliphatic rings. The van der Waals surface area contributed by atoms with Crippen molar-refractivity contribution in [2.24, 2.45) is 0 Å². The minimum absolute atomic E-state index is 0.185. The fourth-order valence-corrected chi connectivity index (χ4v) is 3.21. The van der Waals surface area contributed by atoms with Crippen molar-refractivity contribution in [1.82, 2.24) is 4.72 Å². The summed E-state index contributed by atoms with van der Waals surface area (Å²) in [5.74, 6) is 0.984. The molecule has 19 heavy (non-hydrogen) atoms. The number of hydrogen-bond acceptors (Lipinski definition) is 3. The molecule has 0 heterocycles. The summed E-state index contributed by atoms with van der Waals surface area (Å²) in [5.41, 5.74) is 0.934. The molecule has 0 saturated heterocycles. The van der Waals surface area contributed by atoms with Crippen molar-refractivity contribution in [1.29, 1.82) is 0 Å². The minimum atomic E-state index is -3.19. The second-order valence-corrected chi connectivity index (χ2v) is 6.39. The van der Waals surface area contributed by atoms with Gasteiger partial charge in [0.2, 0.25) is 10.0 Å². The van der Waals surface area contributed by atoms with Gasteiger partial charge in [-0.1, -0.05) is 25.5 Å². The Morgan fingerprint density at radius 2 is 1.84 bits per heavy atom. The van der Waals surface area contributed by atoms with E-state index in [9.17, 15) is 8.42 Å². The third kappa shape index (κ3) is 5.61. The van der Waals surface area contributed by atoms with Crippen LogP contribution >= 0.6 is 0 Å². The first-order valence-electron chi connectivity index (χ1n) is 6.71. The van der Waals surface area contributed by atoms with Crippen molar-refractivity contribution in [3.8, 4) is 5.75 Å². The lowest BCUT2D eigenvalue weighted by Crippen LogP contribution is -2.29. The van der Waals surface area contributed by atoms with Crippen LogP contribution in [0.4, 0.5) is 0 Å². The number of ether oxygens (including phenoxy) is 1. The van der Waals surface area contributed by atoms with Crippen molar-refractivity contribution < 1.29 is 13.2 Å². The van der Waals surface area contributed by atoms with E-state index < -0.39 is 10.0 Å². The molecule has 0 amide bonds. The van der Waals surface area contributed by atoms with Crippen LogP contribution in [0, 0.1) is 0 Å². The maximum absolute atomic E-state index is 11.8. The molecule has 1 aromatic rings. The molecular weight excluding hydrogens is 262 g/mol. The first-order valence-corrected chi connectivity index (χ1v) is 8.36. The maximum atomic E-state index is 11.8. The molecule has 0 fully saturated rings.